The Balaban J connectivity index is 1.75. The molecule has 0 radical (unpaired) electrons. The quantitative estimate of drug-likeness (QED) is 0.870. The van der Waals surface area contributed by atoms with E-state index in [2.05, 4.69) is 10.2 Å². The predicted molar refractivity (Wildman–Crippen MR) is 93.3 cm³/mol. The first kappa shape index (κ1) is 16.4. The van der Waals surface area contributed by atoms with Crippen molar-refractivity contribution in [1.82, 2.24) is 4.90 Å². The lowest BCUT2D eigenvalue weighted by molar-refractivity contribution is 0.0883. The molecule has 23 heavy (non-hydrogen) atoms. The smallest absolute Gasteiger partial charge is 0.321 e. The molecule has 0 spiro atoms. The predicted octanol–water partition coefficient (Wildman–Crippen LogP) is 3.32. The number of carbonyl (C=O) groups excluding carboxylic acids is 1. The Kier molecular flexibility index (Phi) is 5.28. The van der Waals surface area contributed by atoms with Crippen LogP contribution in [0, 0.1) is 0 Å². The van der Waals surface area contributed by atoms with Crippen molar-refractivity contribution in [3.63, 3.8) is 0 Å². The van der Waals surface area contributed by atoms with Gasteiger partial charge in [-0.2, -0.15) is 0 Å². The van der Waals surface area contributed by atoms with E-state index in [9.17, 15) is 9.90 Å². The first-order valence-electron chi connectivity index (χ1n) is 8.42. The number of likely N-dealkylation sites (tertiary alicyclic amines) is 1. The maximum atomic E-state index is 12.5. The molecule has 2 saturated heterocycles. The van der Waals surface area contributed by atoms with Gasteiger partial charge in [-0.3, -0.25) is 0 Å². The van der Waals surface area contributed by atoms with Crippen LogP contribution in [0.2, 0.25) is 5.02 Å². The summed E-state index contributed by atoms with van der Waals surface area (Å²) in [5.41, 5.74) is 1.78. The lowest BCUT2D eigenvalue weighted by Crippen LogP contribution is -2.44. The number of hydrogen-bond donors (Lipinski definition) is 2. The van der Waals surface area contributed by atoms with Gasteiger partial charge in [0, 0.05) is 31.2 Å². The second-order valence-electron chi connectivity index (χ2n) is 6.38. The number of amides is 2. The molecular formula is C17H24ClN3O2. The van der Waals surface area contributed by atoms with Crippen molar-refractivity contribution in [3.05, 3.63) is 23.2 Å². The van der Waals surface area contributed by atoms with E-state index in [0.29, 0.717) is 18.1 Å². The maximum absolute atomic E-state index is 12.5. The van der Waals surface area contributed by atoms with Gasteiger partial charge in [0.15, 0.2) is 0 Å². The topological polar surface area (TPSA) is 55.8 Å². The van der Waals surface area contributed by atoms with Gasteiger partial charge in [0.1, 0.15) is 0 Å². The molecule has 5 nitrogen and oxygen atoms in total. The SMILES string of the molecule is O=C(Nc1cc(Cl)ccc1N1CCCCC1)N1CCCC(O)C1. The lowest BCUT2D eigenvalue weighted by Gasteiger charge is -2.33. The molecule has 1 atom stereocenters. The zero-order chi connectivity index (χ0) is 16.2. The summed E-state index contributed by atoms with van der Waals surface area (Å²) in [7, 11) is 0. The number of urea groups is 1. The summed E-state index contributed by atoms with van der Waals surface area (Å²) in [6.45, 7) is 3.09. The highest BCUT2D eigenvalue weighted by Gasteiger charge is 2.23. The van der Waals surface area contributed by atoms with Crippen molar-refractivity contribution in [2.75, 3.05) is 36.4 Å². The van der Waals surface area contributed by atoms with E-state index >= 15 is 0 Å². The Bertz CT molecular complexity index is 561. The average molecular weight is 338 g/mol. The van der Waals surface area contributed by atoms with Gasteiger partial charge < -0.3 is 20.2 Å². The summed E-state index contributed by atoms with van der Waals surface area (Å²) in [6, 6.07) is 5.49. The van der Waals surface area contributed by atoms with Crippen molar-refractivity contribution in [3.8, 4) is 0 Å². The maximum Gasteiger partial charge on any atom is 0.321 e. The Hall–Kier alpha value is -1.46. The number of aliphatic hydroxyl groups excluding tert-OH is 1. The first-order valence-corrected chi connectivity index (χ1v) is 8.80. The fourth-order valence-corrected chi connectivity index (χ4v) is 3.52. The second-order valence-corrected chi connectivity index (χ2v) is 6.82. The van der Waals surface area contributed by atoms with Crippen LogP contribution in [0.25, 0.3) is 0 Å². The zero-order valence-electron chi connectivity index (χ0n) is 13.3. The van der Waals surface area contributed by atoms with Crippen molar-refractivity contribution in [2.45, 2.75) is 38.2 Å². The minimum Gasteiger partial charge on any atom is -0.391 e. The van der Waals surface area contributed by atoms with Gasteiger partial charge in [-0.1, -0.05) is 11.6 Å². The van der Waals surface area contributed by atoms with Crippen molar-refractivity contribution in [1.29, 1.82) is 0 Å². The zero-order valence-corrected chi connectivity index (χ0v) is 14.1. The van der Waals surface area contributed by atoms with Crippen LogP contribution in [0.1, 0.15) is 32.1 Å². The largest absolute Gasteiger partial charge is 0.391 e. The molecule has 1 aromatic carbocycles. The van der Waals surface area contributed by atoms with Gasteiger partial charge in [0.25, 0.3) is 0 Å². The molecule has 0 aromatic heterocycles. The van der Waals surface area contributed by atoms with Gasteiger partial charge in [-0.25, -0.2) is 4.79 Å². The Morgan fingerprint density at radius 1 is 1.17 bits per heavy atom. The highest BCUT2D eigenvalue weighted by molar-refractivity contribution is 6.31. The van der Waals surface area contributed by atoms with Crippen molar-refractivity contribution >= 4 is 29.0 Å². The van der Waals surface area contributed by atoms with Gasteiger partial charge in [-0.15, -0.1) is 0 Å². The molecule has 1 aromatic rings. The molecule has 2 heterocycles. The molecule has 1 unspecified atom stereocenters. The van der Waals surface area contributed by atoms with Gasteiger partial charge in [0.2, 0.25) is 0 Å². The van der Waals surface area contributed by atoms with E-state index in [1.807, 2.05) is 18.2 Å². The third-order valence-electron chi connectivity index (χ3n) is 4.58. The molecule has 0 bridgehead atoms. The third kappa shape index (κ3) is 4.09. The van der Waals surface area contributed by atoms with E-state index < -0.39 is 6.10 Å². The molecule has 2 N–H and O–H groups in total. The average Bonchev–Trinajstić information content (AvgIpc) is 2.56. The third-order valence-corrected chi connectivity index (χ3v) is 4.82. The second kappa shape index (κ2) is 7.41. The molecule has 126 valence electrons. The number of anilines is 2. The van der Waals surface area contributed by atoms with Crippen LogP contribution in [0.4, 0.5) is 16.2 Å². The fourth-order valence-electron chi connectivity index (χ4n) is 3.35. The molecule has 2 aliphatic heterocycles. The number of rotatable bonds is 2. The highest BCUT2D eigenvalue weighted by Crippen LogP contribution is 2.31. The number of halogens is 1. The number of piperidine rings is 2. The molecular weight excluding hydrogens is 314 g/mol. The van der Waals surface area contributed by atoms with Crippen LogP contribution in [0.15, 0.2) is 18.2 Å². The molecule has 2 aliphatic rings. The minimum atomic E-state index is -0.421. The number of nitrogens with one attached hydrogen (secondary N) is 1. The number of benzene rings is 1. The van der Waals surface area contributed by atoms with Crippen LogP contribution < -0.4 is 10.2 Å². The van der Waals surface area contributed by atoms with E-state index in [1.165, 1.54) is 19.3 Å². The number of nitrogens with zero attached hydrogens (tertiary/aromatic N) is 2. The first-order chi connectivity index (χ1) is 11.1. The Morgan fingerprint density at radius 2 is 1.96 bits per heavy atom. The van der Waals surface area contributed by atoms with Crippen LogP contribution in [0.5, 0.6) is 0 Å². The van der Waals surface area contributed by atoms with Crippen LogP contribution in [-0.2, 0) is 0 Å². The molecule has 0 saturated carbocycles. The molecule has 2 amide bonds. The minimum absolute atomic E-state index is 0.163. The van der Waals surface area contributed by atoms with E-state index in [0.717, 1.165) is 37.3 Å². The van der Waals surface area contributed by atoms with E-state index in [1.54, 1.807) is 4.90 Å². The summed E-state index contributed by atoms with van der Waals surface area (Å²) in [5.74, 6) is 0. The normalized spacial score (nSPS) is 22.1. The monoisotopic (exact) mass is 337 g/mol. The van der Waals surface area contributed by atoms with E-state index in [4.69, 9.17) is 11.6 Å². The molecule has 6 heteroatoms. The van der Waals surface area contributed by atoms with Crippen LogP contribution in [-0.4, -0.2) is 48.3 Å². The molecule has 0 aliphatic carbocycles. The Morgan fingerprint density at radius 3 is 2.70 bits per heavy atom. The fraction of sp³-hybridized carbons (Fsp3) is 0.588. The summed E-state index contributed by atoms with van der Waals surface area (Å²) in [5, 5.41) is 13.3. The van der Waals surface area contributed by atoms with Gasteiger partial charge in [0.05, 0.1) is 17.5 Å². The molecule has 3 rings (SSSR count). The summed E-state index contributed by atoms with van der Waals surface area (Å²) in [4.78, 5) is 16.5. The lowest BCUT2D eigenvalue weighted by atomic mass is 10.1. The summed E-state index contributed by atoms with van der Waals surface area (Å²) in [6.07, 6.45) is 4.79. The molecule has 2 fully saturated rings. The standard InChI is InChI=1S/C17H24ClN3O2/c18-13-6-7-16(20-8-2-1-3-9-20)15(11-13)19-17(23)21-10-4-5-14(22)12-21/h6-7,11,14,22H,1-5,8-10,12H2,(H,19,23). The van der Waals surface area contributed by atoms with Crippen LogP contribution >= 0.6 is 11.6 Å². The Labute approximate surface area is 142 Å². The number of β-amino-alcohol motifs (C(OH)–C–C–N with tert-alkyl or cyclic N) is 1. The number of aliphatic hydroxyl groups is 1. The van der Waals surface area contributed by atoms with E-state index in [-0.39, 0.29) is 6.03 Å². The highest BCUT2D eigenvalue weighted by atomic mass is 35.5. The summed E-state index contributed by atoms with van der Waals surface area (Å²) < 4.78 is 0. The van der Waals surface area contributed by atoms with Crippen molar-refractivity contribution in [2.24, 2.45) is 0 Å². The van der Waals surface area contributed by atoms with Gasteiger partial charge in [-0.05, 0) is 50.3 Å². The number of carbonyl (C=O) groups is 1. The van der Waals surface area contributed by atoms with Crippen LogP contribution in [0.3, 0.4) is 0 Å². The van der Waals surface area contributed by atoms with Gasteiger partial charge >= 0.3 is 6.03 Å². The van der Waals surface area contributed by atoms with Crippen molar-refractivity contribution < 1.29 is 9.90 Å². The number of hydrogen-bond acceptors (Lipinski definition) is 3. The summed E-state index contributed by atoms with van der Waals surface area (Å²) >= 11 is 6.12.